The number of thiophene rings is 1. The number of nitrogens with one attached hydrogen (secondary N) is 2. The number of hydrogen-bond acceptors (Lipinski definition) is 7. The first-order valence-corrected chi connectivity index (χ1v) is 8.03. The van der Waals surface area contributed by atoms with Crippen LogP contribution in [0.2, 0.25) is 0 Å². The van der Waals surface area contributed by atoms with Gasteiger partial charge < -0.3 is 19.6 Å². The topological polar surface area (TPSA) is 103 Å². The summed E-state index contributed by atoms with van der Waals surface area (Å²) in [5, 5.41) is 4.57. The molecule has 25 heavy (non-hydrogen) atoms. The Kier molecular flexibility index (Phi) is 6.78. The zero-order chi connectivity index (χ0) is 18.1. The number of methoxy groups -OCH3 is 1. The molecular weight excluding hydrogens is 348 g/mol. The van der Waals surface area contributed by atoms with Crippen molar-refractivity contribution in [3.8, 4) is 0 Å². The second kappa shape index (κ2) is 9.28. The van der Waals surface area contributed by atoms with Crippen LogP contribution in [0.25, 0.3) is 0 Å². The highest BCUT2D eigenvalue weighted by atomic mass is 32.1. The number of ether oxygens (including phenoxy) is 2. The third-order valence-electron chi connectivity index (χ3n) is 2.97. The minimum absolute atomic E-state index is 0.0663. The normalized spacial score (nSPS) is 9.80. The van der Waals surface area contributed by atoms with Gasteiger partial charge in [-0.3, -0.25) is 4.79 Å². The molecule has 0 spiro atoms. The lowest BCUT2D eigenvalue weighted by Gasteiger charge is -2.07. The summed E-state index contributed by atoms with van der Waals surface area (Å²) in [6, 6.07) is 10.1. The van der Waals surface area contributed by atoms with Gasteiger partial charge in [0.2, 0.25) is 0 Å². The van der Waals surface area contributed by atoms with E-state index in [4.69, 9.17) is 4.74 Å². The molecular formula is C16H16N2O6S. The molecule has 0 unspecified atom stereocenters. The van der Waals surface area contributed by atoms with Crippen LogP contribution in [-0.2, 0) is 27.5 Å². The monoisotopic (exact) mass is 364 g/mol. The highest BCUT2D eigenvalue weighted by Gasteiger charge is 2.09. The standard InChI is InChI=1S/C16H16N2O6S/c1-22-16(21)24-18-14(19)12-6-4-11(5-7-12)10-23-15(20)17-9-13-3-2-8-25-13/h2-8H,9-10H2,1H3,(H,17,20)(H,18,19). The van der Waals surface area contributed by atoms with Crippen LogP contribution in [0.3, 0.4) is 0 Å². The summed E-state index contributed by atoms with van der Waals surface area (Å²) >= 11 is 1.54. The van der Waals surface area contributed by atoms with Crippen molar-refractivity contribution in [1.29, 1.82) is 0 Å². The van der Waals surface area contributed by atoms with E-state index in [2.05, 4.69) is 14.9 Å². The van der Waals surface area contributed by atoms with Crippen LogP contribution in [0.1, 0.15) is 20.8 Å². The van der Waals surface area contributed by atoms with Crippen LogP contribution in [0.5, 0.6) is 0 Å². The summed E-state index contributed by atoms with van der Waals surface area (Å²) in [7, 11) is 1.12. The summed E-state index contributed by atoms with van der Waals surface area (Å²) in [4.78, 5) is 39.4. The van der Waals surface area contributed by atoms with Crippen LogP contribution < -0.4 is 10.8 Å². The summed E-state index contributed by atoms with van der Waals surface area (Å²) in [6.45, 7) is 0.479. The van der Waals surface area contributed by atoms with Crippen LogP contribution in [0.4, 0.5) is 9.59 Å². The summed E-state index contributed by atoms with van der Waals surface area (Å²) in [5.74, 6) is -0.605. The molecule has 0 bridgehead atoms. The van der Waals surface area contributed by atoms with E-state index in [9.17, 15) is 14.4 Å². The molecule has 2 aromatic rings. The highest BCUT2D eigenvalue weighted by molar-refractivity contribution is 7.09. The van der Waals surface area contributed by atoms with E-state index in [0.717, 1.165) is 12.0 Å². The predicted molar refractivity (Wildman–Crippen MR) is 88.7 cm³/mol. The van der Waals surface area contributed by atoms with Crippen LogP contribution >= 0.6 is 11.3 Å². The Morgan fingerprint density at radius 3 is 2.52 bits per heavy atom. The molecule has 1 aromatic carbocycles. The Morgan fingerprint density at radius 1 is 1.12 bits per heavy atom. The van der Waals surface area contributed by atoms with E-state index in [1.807, 2.05) is 23.0 Å². The Balaban J connectivity index is 1.74. The Bertz CT molecular complexity index is 715. The van der Waals surface area contributed by atoms with Crippen molar-refractivity contribution in [2.45, 2.75) is 13.2 Å². The van der Waals surface area contributed by atoms with Gasteiger partial charge in [-0.1, -0.05) is 18.2 Å². The van der Waals surface area contributed by atoms with Crippen molar-refractivity contribution in [1.82, 2.24) is 10.8 Å². The van der Waals surface area contributed by atoms with E-state index in [1.165, 1.54) is 12.1 Å². The zero-order valence-electron chi connectivity index (χ0n) is 13.3. The van der Waals surface area contributed by atoms with Crippen molar-refractivity contribution in [2.24, 2.45) is 0 Å². The van der Waals surface area contributed by atoms with Crippen molar-refractivity contribution < 1.29 is 28.7 Å². The fourth-order valence-corrected chi connectivity index (χ4v) is 2.36. The molecule has 0 radical (unpaired) electrons. The Morgan fingerprint density at radius 2 is 1.88 bits per heavy atom. The van der Waals surface area contributed by atoms with Gasteiger partial charge in [0.25, 0.3) is 5.91 Å². The first-order chi connectivity index (χ1) is 12.1. The van der Waals surface area contributed by atoms with E-state index in [-0.39, 0.29) is 12.2 Å². The molecule has 1 heterocycles. The third-order valence-corrected chi connectivity index (χ3v) is 3.84. The average Bonchev–Trinajstić information content (AvgIpc) is 3.16. The van der Waals surface area contributed by atoms with Crippen molar-refractivity contribution in [2.75, 3.05) is 7.11 Å². The minimum atomic E-state index is -1.02. The molecule has 0 saturated carbocycles. The predicted octanol–water partition coefficient (Wildman–Crippen LogP) is 2.60. The summed E-state index contributed by atoms with van der Waals surface area (Å²) in [5.41, 5.74) is 2.92. The summed E-state index contributed by atoms with van der Waals surface area (Å²) in [6.07, 6.45) is -1.55. The lowest BCUT2D eigenvalue weighted by molar-refractivity contribution is 0.0255. The average molecular weight is 364 g/mol. The van der Waals surface area contributed by atoms with Gasteiger partial charge in [-0.25, -0.2) is 9.59 Å². The number of hydrogen-bond donors (Lipinski definition) is 2. The van der Waals surface area contributed by atoms with Crippen LogP contribution in [0.15, 0.2) is 41.8 Å². The molecule has 0 aliphatic rings. The second-order valence-corrected chi connectivity index (χ2v) is 5.73. The number of carbonyl (C=O) groups is 3. The van der Waals surface area contributed by atoms with Gasteiger partial charge in [0.15, 0.2) is 0 Å². The number of amides is 2. The second-order valence-electron chi connectivity index (χ2n) is 4.69. The highest BCUT2D eigenvalue weighted by Crippen LogP contribution is 2.08. The minimum Gasteiger partial charge on any atom is -0.445 e. The van der Waals surface area contributed by atoms with Crippen molar-refractivity contribution in [3.63, 3.8) is 0 Å². The lowest BCUT2D eigenvalue weighted by atomic mass is 10.1. The SMILES string of the molecule is COC(=O)ONC(=O)c1ccc(COC(=O)NCc2cccs2)cc1. The molecule has 0 aliphatic carbocycles. The van der Waals surface area contributed by atoms with Gasteiger partial charge in [-0.15, -0.1) is 11.3 Å². The molecule has 2 rings (SSSR count). The molecule has 132 valence electrons. The lowest BCUT2D eigenvalue weighted by Crippen LogP contribution is -2.27. The first kappa shape index (κ1) is 18.3. The number of rotatable bonds is 5. The van der Waals surface area contributed by atoms with Gasteiger partial charge in [0.05, 0.1) is 13.7 Å². The third kappa shape index (κ3) is 6.15. The van der Waals surface area contributed by atoms with Crippen molar-refractivity contribution in [3.05, 3.63) is 57.8 Å². The number of benzene rings is 1. The molecule has 0 fully saturated rings. The maximum Gasteiger partial charge on any atom is 0.533 e. The number of alkyl carbamates (subject to hydrolysis) is 1. The van der Waals surface area contributed by atoms with Gasteiger partial charge in [-0.2, -0.15) is 5.48 Å². The summed E-state index contributed by atoms with van der Waals surface area (Å²) < 4.78 is 9.31. The molecule has 0 saturated heterocycles. The van der Waals surface area contributed by atoms with Crippen LogP contribution in [0, 0.1) is 0 Å². The van der Waals surface area contributed by atoms with Gasteiger partial charge in [0.1, 0.15) is 6.61 Å². The van der Waals surface area contributed by atoms with Gasteiger partial charge in [0, 0.05) is 10.4 Å². The molecule has 9 heteroatoms. The van der Waals surface area contributed by atoms with Crippen LogP contribution in [-0.4, -0.2) is 25.3 Å². The molecule has 8 nitrogen and oxygen atoms in total. The molecule has 2 amide bonds. The van der Waals surface area contributed by atoms with E-state index in [1.54, 1.807) is 23.5 Å². The molecule has 0 atom stereocenters. The molecule has 0 aliphatic heterocycles. The maximum atomic E-state index is 11.7. The van der Waals surface area contributed by atoms with Gasteiger partial charge >= 0.3 is 12.2 Å². The molecule has 2 N–H and O–H groups in total. The Labute approximate surface area is 147 Å². The van der Waals surface area contributed by atoms with E-state index >= 15 is 0 Å². The number of hydroxylamine groups is 1. The van der Waals surface area contributed by atoms with Gasteiger partial charge in [-0.05, 0) is 29.1 Å². The first-order valence-electron chi connectivity index (χ1n) is 7.15. The zero-order valence-corrected chi connectivity index (χ0v) is 14.1. The largest absolute Gasteiger partial charge is 0.533 e. The molecule has 1 aromatic heterocycles. The van der Waals surface area contributed by atoms with E-state index < -0.39 is 18.2 Å². The number of carbonyl (C=O) groups excluding carboxylic acids is 3. The fourth-order valence-electron chi connectivity index (χ4n) is 1.71. The quantitative estimate of drug-likeness (QED) is 0.624. The smallest absolute Gasteiger partial charge is 0.445 e. The Hall–Kier alpha value is -3.07. The van der Waals surface area contributed by atoms with E-state index in [0.29, 0.717) is 12.1 Å². The fraction of sp³-hybridized carbons (Fsp3) is 0.188. The van der Waals surface area contributed by atoms with Crippen molar-refractivity contribution >= 4 is 29.5 Å². The maximum absolute atomic E-state index is 11.7.